The summed E-state index contributed by atoms with van der Waals surface area (Å²) in [6, 6.07) is 27.1. The highest BCUT2D eigenvalue weighted by atomic mass is 127. The van der Waals surface area contributed by atoms with Crippen LogP contribution in [0.15, 0.2) is 83.3 Å². The van der Waals surface area contributed by atoms with Gasteiger partial charge in [0.05, 0.1) is 0 Å². The van der Waals surface area contributed by atoms with Crippen molar-refractivity contribution >= 4 is 33.6 Å². The Kier molecular flexibility index (Phi) is 3.47. The van der Waals surface area contributed by atoms with E-state index >= 15 is 0 Å². The summed E-state index contributed by atoms with van der Waals surface area (Å²) in [4.78, 5) is 0. The van der Waals surface area contributed by atoms with Crippen molar-refractivity contribution in [2.45, 2.75) is 0 Å². The van der Waals surface area contributed by atoms with E-state index in [4.69, 9.17) is 4.42 Å². The third-order valence-electron chi connectivity index (χ3n) is 3.75. The van der Waals surface area contributed by atoms with E-state index in [9.17, 15) is 0 Å². The molecule has 0 N–H and O–H groups in total. The molecule has 1 nitrogen and oxygen atoms in total. The number of hydrogen-bond donors (Lipinski definition) is 0. The van der Waals surface area contributed by atoms with Crippen LogP contribution in [0.2, 0.25) is 0 Å². The van der Waals surface area contributed by atoms with Gasteiger partial charge in [-0.1, -0.05) is 60.7 Å². The van der Waals surface area contributed by atoms with Gasteiger partial charge >= 0.3 is 0 Å². The van der Waals surface area contributed by atoms with Crippen LogP contribution in [0.25, 0.3) is 33.4 Å². The van der Waals surface area contributed by atoms with E-state index in [1.165, 1.54) is 14.7 Å². The van der Waals surface area contributed by atoms with E-state index in [1.807, 2.05) is 24.3 Å². The summed E-state index contributed by atoms with van der Waals surface area (Å²) in [6.45, 7) is 0. The smallest absolute Gasteiger partial charge is 0.143 e. The molecule has 22 heavy (non-hydrogen) atoms. The molecule has 0 bridgehead atoms. The second-order valence-electron chi connectivity index (χ2n) is 5.18. The van der Waals surface area contributed by atoms with E-state index in [2.05, 4.69) is 77.2 Å². The Morgan fingerprint density at radius 2 is 1.32 bits per heavy atom. The molecule has 2 heteroatoms. The molecule has 0 radical (unpaired) electrons. The van der Waals surface area contributed by atoms with Crippen molar-refractivity contribution in [1.82, 2.24) is 0 Å². The molecule has 0 aliphatic heterocycles. The molecule has 0 saturated heterocycles. The second kappa shape index (κ2) is 5.61. The van der Waals surface area contributed by atoms with Gasteiger partial charge in [0.15, 0.2) is 0 Å². The molecular weight excluding hydrogens is 383 g/mol. The van der Waals surface area contributed by atoms with E-state index < -0.39 is 0 Å². The number of furan rings is 1. The molecule has 106 valence electrons. The highest BCUT2D eigenvalue weighted by Crippen LogP contribution is 2.40. The molecule has 0 atom stereocenters. The van der Waals surface area contributed by atoms with Crippen LogP contribution >= 0.6 is 22.6 Å². The van der Waals surface area contributed by atoms with Crippen LogP contribution in [0.4, 0.5) is 0 Å². The Hall–Kier alpha value is -2.07. The quantitative estimate of drug-likeness (QED) is 0.359. The van der Waals surface area contributed by atoms with E-state index in [0.29, 0.717) is 0 Å². The van der Waals surface area contributed by atoms with Gasteiger partial charge in [-0.3, -0.25) is 0 Å². The van der Waals surface area contributed by atoms with Gasteiger partial charge in [-0.05, 0) is 46.4 Å². The average Bonchev–Trinajstić information content (AvgIpc) is 2.95. The molecule has 0 saturated carbocycles. The van der Waals surface area contributed by atoms with Crippen molar-refractivity contribution in [3.8, 4) is 22.5 Å². The number of fused-ring (bicyclic) bond motifs is 1. The summed E-state index contributed by atoms with van der Waals surface area (Å²) >= 11 is 2.32. The van der Waals surface area contributed by atoms with Crippen LogP contribution in [0.5, 0.6) is 0 Å². The fourth-order valence-corrected chi connectivity index (χ4v) is 3.22. The van der Waals surface area contributed by atoms with E-state index in [0.717, 1.165) is 22.3 Å². The van der Waals surface area contributed by atoms with Gasteiger partial charge in [-0.2, -0.15) is 0 Å². The Morgan fingerprint density at radius 3 is 2.00 bits per heavy atom. The molecule has 3 aromatic carbocycles. The summed E-state index contributed by atoms with van der Waals surface area (Å²) in [6.07, 6.45) is 0. The zero-order chi connectivity index (χ0) is 14.9. The molecule has 0 fully saturated rings. The topological polar surface area (TPSA) is 13.1 Å². The first-order valence-electron chi connectivity index (χ1n) is 7.16. The first-order chi connectivity index (χ1) is 10.8. The molecule has 1 heterocycles. The van der Waals surface area contributed by atoms with Gasteiger partial charge in [0.1, 0.15) is 11.3 Å². The lowest BCUT2D eigenvalue weighted by Crippen LogP contribution is -1.80. The van der Waals surface area contributed by atoms with Gasteiger partial charge in [-0.25, -0.2) is 0 Å². The predicted molar refractivity (Wildman–Crippen MR) is 99.8 cm³/mol. The lowest BCUT2D eigenvalue weighted by molar-refractivity contribution is 0.632. The summed E-state index contributed by atoms with van der Waals surface area (Å²) in [5.74, 6) is 0.934. The highest BCUT2D eigenvalue weighted by Gasteiger charge is 2.17. The Morgan fingerprint density at radius 1 is 0.682 bits per heavy atom. The second-order valence-corrected chi connectivity index (χ2v) is 6.42. The first kappa shape index (κ1) is 13.6. The SMILES string of the molecule is Ic1ccc2c(-c3ccccc3)c(-c3ccccc3)oc2c1. The molecule has 1 aromatic heterocycles. The third kappa shape index (κ3) is 2.33. The van der Waals surface area contributed by atoms with E-state index in [1.54, 1.807) is 0 Å². The van der Waals surface area contributed by atoms with Crippen LogP contribution < -0.4 is 0 Å². The van der Waals surface area contributed by atoms with Crippen molar-refractivity contribution in [2.75, 3.05) is 0 Å². The van der Waals surface area contributed by atoms with Gasteiger partial charge in [0, 0.05) is 20.1 Å². The molecule has 4 rings (SSSR count). The van der Waals surface area contributed by atoms with Crippen LogP contribution in [0.3, 0.4) is 0 Å². The molecule has 0 aliphatic rings. The van der Waals surface area contributed by atoms with Gasteiger partial charge < -0.3 is 4.42 Å². The maximum atomic E-state index is 6.22. The number of hydrogen-bond acceptors (Lipinski definition) is 1. The summed E-state index contributed by atoms with van der Waals surface area (Å²) in [7, 11) is 0. The van der Waals surface area contributed by atoms with E-state index in [-0.39, 0.29) is 0 Å². The van der Waals surface area contributed by atoms with Crippen molar-refractivity contribution in [3.63, 3.8) is 0 Å². The predicted octanol–water partition coefficient (Wildman–Crippen LogP) is 6.37. The van der Waals surface area contributed by atoms with Crippen LogP contribution in [0.1, 0.15) is 0 Å². The number of halogens is 1. The largest absolute Gasteiger partial charge is 0.455 e. The van der Waals surface area contributed by atoms with Crippen molar-refractivity contribution in [1.29, 1.82) is 0 Å². The Balaban J connectivity index is 2.07. The minimum atomic E-state index is 0.934. The summed E-state index contributed by atoms with van der Waals surface area (Å²) in [5.41, 5.74) is 4.39. The average molecular weight is 396 g/mol. The molecule has 0 unspecified atom stereocenters. The maximum absolute atomic E-state index is 6.22. The van der Waals surface area contributed by atoms with Crippen molar-refractivity contribution in [3.05, 3.63) is 82.4 Å². The summed E-state index contributed by atoms with van der Waals surface area (Å²) in [5, 5.41) is 1.16. The number of benzene rings is 3. The van der Waals surface area contributed by atoms with Gasteiger partial charge in [0.25, 0.3) is 0 Å². The Labute approximate surface area is 142 Å². The number of rotatable bonds is 2. The third-order valence-corrected chi connectivity index (χ3v) is 4.42. The molecule has 0 amide bonds. The van der Waals surface area contributed by atoms with Gasteiger partial charge in [-0.15, -0.1) is 0 Å². The lowest BCUT2D eigenvalue weighted by Gasteiger charge is -2.03. The monoisotopic (exact) mass is 396 g/mol. The fraction of sp³-hybridized carbons (Fsp3) is 0. The van der Waals surface area contributed by atoms with Crippen molar-refractivity contribution in [2.24, 2.45) is 0 Å². The van der Waals surface area contributed by atoms with Crippen molar-refractivity contribution < 1.29 is 4.42 Å². The normalized spacial score (nSPS) is 11.0. The first-order valence-corrected chi connectivity index (χ1v) is 8.24. The molecule has 0 spiro atoms. The zero-order valence-electron chi connectivity index (χ0n) is 11.8. The van der Waals surface area contributed by atoms with Gasteiger partial charge in [0.2, 0.25) is 0 Å². The Bertz CT molecular complexity index is 924. The minimum Gasteiger partial charge on any atom is -0.455 e. The minimum absolute atomic E-state index is 0.934. The van der Waals surface area contributed by atoms with Crippen LogP contribution in [-0.2, 0) is 0 Å². The summed E-state index contributed by atoms with van der Waals surface area (Å²) < 4.78 is 7.39. The molecule has 0 aliphatic carbocycles. The lowest BCUT2D eigenvalue weighted by atomic mass is 9.99. The maximum Gasteiger partial charge on any atom is 0.143 e. The van der Waals surface area contributed by atoms with Crippen LogP contribution in [-0.4, -0.2) is 0 Å². The highest BCUT2D eigenvalue weighted by molar-refractivity contribution is 14.1. The van der Waals surface area contributed by atoms with Crippen LogP contribution in [0, 0.1) is 3.57 Å². The molecular formula is C20H13IO. The fourth-order valence-electron chi connectivity index (χ4n) is 2.75. The zero-order valence-corrected chi connectivity index (χ0v) is 13.9. The standard InChI is InChI=1S/C20H13IO/c21-16-11-12-17-18(13-16)22-20(15-9-5-2-6-10-15)19(17)14-7-3-1-4-8-14/h1-13H. The molecule has 4 aromatic rings.